The number of unbranched alkanes of at least 4 members (excludes halogenated alkanes) is 1. The molecule has 1 aliphatic rings. The van der Waals surface area contributed by atoms with Crippen LogP contribution in [0.15, 0.2) is 84.4 Å². The average Bonchev–Trinajstić information content (AvgIpc) is 3.30. The van der Waals surface area contributed by atoms with Crippen LogP contribution in [0.25, 0.3) is 0 Å². The van der Waals surface area contributed by atoms with Crippen LogP contribution >= 0.6 is 0 Å². The first-order chi connectivity index (χ1) is 33.3. The summed E-state index contributed by atoms with van der Waals surface area (Å²) in [5.41, 5.74) is 3.43. The summed E-state index contributed by atoms with van der Waals surface area (Å²) in [5, 5.41) is 18.6. The number of carbonyl (C=O) groups excluding carboxylic acids is 6. The first kappa shape index (κ1) is 57.2. The third-order valence-corrected chi connectivity index (χ3v) is 13.7. The van der Waals surface area contributed by atoms with E-state index in [1.54, 1.807) is 32.0 Å². The normalized spacial score (nSPS) is 14.8. The topological polar surface area (TPSA) is 182 Å². The zero-order valence-corrected chi connectivity index (χ0v) is 44.2. The number of amides is 4. The number of carboxylic acid groups (broad SMARTS) is 1. The number of nitrogens with zero attached hydrogens (tertiary/aromatic N) is 2. The molecule has 1 heterocycles. The highest BCUT2D eigenvalue weighted by Crippen LogP contribution is 2.31. The molecule has 0 radical (unpaired) electrons. The molecule has 13 nitrogen and oxygen atoms in total. The number of nitrogens with one attached hydrogen (secondary N) is 3. The number of carboxylic acids is 1. The quantitative estimate of drug-likeness (QED) is 0.0417. The number of hydrogen-bond acceptors (Lipinski definition) is 8. The van der Waals surface area contributed by atoms with Crippen molar-refractivity contribution in [3.63, 3.8) is 0 Å². The van der Waals surface area contributed by atoms with Crippen molar-refractivity contribution in [3.8, 4) is 11.8 Å². The molecular weight excluding hydrogens is 895 g/mol. The van der Waals surface area contributed by atoms with Crippen molar-refractivity contribution >= 4 is 46.9 Å². The van der Waals surface area contributed by atoms with Crippen LogP contribution in [-0.2, 0) is 51.9 Å². The molecule has 13 heteroatoms. The number of para-hydroxylation sites is 1. The Morgan fingerprint density at radius 2 is 1.39 bits per heavy atom. The van der Waals surface area contributed by atoms with Gasteiger partial charge in [-0.25, -0.2) is 4.79 Å². The molecule has 0 aromatic heterocycles. The fraction of sp³-hybridized carbons (Fsp3) is 0.500. The Balaban J connectivity index is 1.35. The van der Waals surface area contributed by atoms with Crippen molar-refractivity contribution in [2.45, 2.75) is 151 Å². The number of likely N-dealkylation sites (N-methyl/N-ethyl adjacent to an activating group) is 2. The number of hydrogen-bond donors (Lipinski definition) is 4. The van der Waals surface area contributed by atoms with Crippen LogP contribution in [0.4, 0.5) is 5.69 Å². The van der Waals surface area contributed by atoms with Crippen LogP contribution in [0.3, 0.4) is 0 Å². The molecule has 4 amide bonds. The maximum Gasteiger partial charge on any atom is 0.331 e. The smallest absolute Gasteiger partial charge is 0.331 e. The molecule has 3 aromatic carbocycles. The molecule has 382 valence electrons. The highest BCUT2D eigenvalue weighted by atomic mass is 16.4. The predicted molar refractivity (Wildman–Crippen MR) is 279 cm³/mol. The van der Waals surface area contributed by atoms with Gasteiger partial charge in [-0.2, -0.15) is 0 Å². The SMILES string of the molecule is CN[C@H](C(=O)N[C@H](C(=O)N(C)[C@H](/C=C(\C)C(=O)O)C(C)C)C(C)(C)C)C(C)(C)c1cccc(CC(=O)[C@H](C)NC(=O)[C@@H](CC(=O)CCCCC(=O)N2Cc3ccccc3C#Cc3ccccc32)C(C)C)c1. The van der Waals surface area contributed by atoms with Gasteiger partial charge in [-0.15, -0.1) is 0 Å². The third kappa shape index (κ3) is 15.3. The van der Waals surface area contributed by atoms with Crippen molar-refractivity contribution in [1.29, 1.82) is 0 Å². The third-order valence-electron chi connectivity index (χ3n) is 13.7. The van der Waals surface area contributed by atoms with Gasteiger partial charge in [0.2, 0.25) is 23.6 Å². The minimum atomic E-state index is -1.07. The molecular formula is C58H77N5O8. The molecule has 0 aliphatic carbocycles. The van der Waals surface area contributed by atoms with Gasteiger partial charge in [0.15, 0.2) is 5.78 Å². The number of Topliss-reactive ketones (excluding diaryl/α,β-unsaturated/α-hetero) is 2. The van der Waals surface area contributed by atoms with Gasteiger partial charge in [0.1, 0.15) is 11.8 Å². The maximum absolute atomic E-state index is 14.2. The lowest BCUT2D eigenvalue weighted by Crippen LogP contribution is -2.61. The van der Waals surface area contributed by atoms with Gasteiger partial charge in [0.25, 0.3) is 0 Å². The number of ketones is 2. The van der Waals surface area contributed by atoms with Crippen LogP contribution in [0.1, 0.15) is 136 Å². The van der Waals surface area contributed by atoms with Crippen molar-refractivity contribution in [2.75, 3.05) is 19.0 Å². The second-order valence-electron chi connectivity index (χ2n) is 21.4. The maximum atomic E-state index is 14.2. The molecule has 4 rings (SSSR count). The van der Waals surface area contributed by atoms with Gasteiger partial charge in [-0.3, -0.25) is 28.8 Å². The van der Waals surface area contributed by atoms with Crippen molar-refractivity contribution in [2.24, 2.45) is 23.2 Å². The fourth-order valence-electron chi connectivity index (χ4n) is 9.05. The minimum absolute atomic E-state index is 0.00839. The molecule has 71 heavy (non-hydrogen) atoms. The number of anilines is 1. The Morgan fingerprint density at radius 1 is 0.775 bits per heavy atom. The Morgan fingerprint density at radius 3 is 2.01 bits per heavy atom. The number of benzene rings is 3. The van der Waals surface area contributed by atoms with Gasteiger partial charge in [0, 0.05) is 60.8 Å². The second-order valence-corrected chi connectivity index (χ2v) is 21.4. The van der Waals surface area contributed by atoms with Crippen molar-refractivity contribution < 1.29 is 38.7 Å². The van der Waals surface area contributed by atoms with E-state index in [9.17, 15) is 38.7 Å². The standard InChI is InChI=1S/C58H77N5O8/c1-36(2)46(34-45(64)26-17-19-28-50(66)63-35-43-24-15-14-22-41(43)29-30-42-23-16-18-27-47(42)63)53(67)60-39(6)49(65)33-40-21-20-25-44(32-40)58(10,11)51(59-12)54(68)61-52(57(7,8)9)55(69)62(13)48(37(3)4)31-38(5)56(70)71/h14-16,18,20-25,27,31-32,36-37,39,46,48,51-52,59H,17,19,26,28,33-35H2,1-13H3,(H,60,67)(H,61,68)(H,70,71)/b38-31+/t39-,46-,48+,51+,52+/m0/s1. The van der Waals surface area contributed by atoms with E-state index in [0.29, 0.717) is 24.9 Å². The lowest BCUT2D eigenvalue weighted by atomic mass is 9.76. The lowest BCUT2D eigenvalue weighted by Gasteiger charge is -2.40. The zero-order valence-electron chi connectivity index (χ0n) is 44.2. The van der Waals surface area contributed by atoms with Gasteiger partial charge in [0.05, 0.1) is 30.4 Å². The summed E-state index contributed by atoms with van der Waals surface area (Å²) in [6.45, 7) is 20.5. The van der Waals surface area contributed by atoms with E-state index in [0.717, 1.165) is 27.9 Å². The van der Waals surface area contributed by atoms with E-state index >= 15 is 0 Å². The minimum Gasteiger partial charge on any atom is -0.478 e. The number of rotatable bonds is 23. The summed E-state index contributed by atoms with van der Waals surface area (Å²) in [7, 11) is 3.29. The predicted octanol–water partition coefficient (Wildman–Crippen LogP) is 7.95. The molecule has 0 bridgehead atoms. The van der Waals surface area contributed by atoms with Crippen molar-refractivity contribution in [3.05, 3.63) is 112 Å². The first-order valence-electron chi connectivity index (χ1n) is 24.9. The van der Waals surface area contributed by atoms with E-state index in [1.807, 2.05) is 135 Å². The number of aliphatic carboxylic acids is 1. The van der Waals surface area contributed by atoms with E-state index in [4.69, 9.17) is 0 Å². The van der Waals surface area contributed by atoms with Crippen LogP contribution in [0, 0.1) is 35.0 Å². The zero-order chi connectivity index (χ0) is 53.0. The van der Waals surface area contributed by atoms with E-state index in [-0.39, 0.29) is 72.4 Å². The van der Waals surface area contributed by atoms with Crippen LogP contribution < -0.4 is 20.9 Å². The highest BCUT2D eigenvalue weighted by molar-refractivity contribution is 5.96. The van der Waals surface area contributed by atoms with Gasteiger partial charge in [-0.1, -0.05) is 135 Å². The second kappa shape index (κ2) is 25.1. The number of carbonyl (C=O) groups is 7. The van der Waals surface area contributed by atoms with E-state index in [2.05, 4.69) is 27.8 Å². The fourth-order valence-corrected chi connectivity index (χ4v) is 9.05. The summed E-state index contributed by atoms with van der Waals surface area (Å²) in [6, 6.07) is 19.7. The molecule has 0 spiro atoms. The summed E-state index contributed by atoms with van der Waals surface area (Å²) in [5.74, 6) is 2.98. The molecule has 1 aliphatic heterocycles. The summed E-state index contributed by atoms with van der Waals surface area (Å²) in [4.78, 5) is 97.6. The van der Waals surface area contributed by atoms with E-state index in [1.165, 1.54) is 11.8 Å². The van der Waals surface area contributed by atoms with Crippen LogP contribution in [0.2, 0.25) is 0 Å². The molecule has 0 unspecified atom stereocenters. The Bertz CT molecular complexity index is 2520. The summed E-state index contributed by atoms with van der Waals surface area (Å²) >= 11 is 0. The van der Waals surface area contributed by atoms with Crippen LogP contribution in [-0.4, -0.2) is 89.4 Å². The lowest BCUT2D eigenvalue weighted by molar-refractivity contribution is -0.141. The molecule has 5 atom stereocenters. The Hall–Kier alpha value is -6.39. The number of fused-ring (bicyclic) bond motifs is 2. The molecule has 3 aromatic rings. The average molecular weight is 972 g/mol. The van der Waals surface area contributed by atoms with E-state index < -0.39 is 52.8 Å². The Labute approximate surface area is 422 Å². The Kier molecular flexibility index (Phi) is 20.2. The monoisotopic (exact) mass is 972 g/mol. The largest absolute Gasteiger partial charge is 0.478 e. The molecule has 0 saturated carbocycles. The molecule has 0 fully saturated rings. The molecule has 0 saturated heterocycles. The van der Waals surface area contributed by atoms with Gasteiger partial charge >= 0.3 is 5.97 Å². The van der Waals surface area contributed by atoms with Gasteiger partial charge < -0.3 is 30.9 Å². The van der Waals surface area contributed by atoms with Crippen LogP contribution in [0.5, 0.6) is 0 Å². The summed E-state index contributed by atoms with van der Waals surface area (Å²) < 4.78 is 0. The molecule has 4 N–H and O–H groups in total. The summed E-state index contributed by atoms with van der Waals surface area (Å²) in [6.07, 6.45) is 3.08. The van der Waals surface area contributed by atoms with Crippen molar-refractivity contribution in [1.82, 2.24) is 20.9 Å². The first-order valence-corrected chi connectivity index (χ1v) is 24.9. The highest BCUT2D eigenvalue weighted by Gasteiger charge is 2.42. The van der Waals surface area contributed by atoms with Gasteiger partial charge in [-0.05, 0) is 85.9 Å².